The predicted octanol–water partition coefficient (Wildman–Crippen LogP) is 2.59. The summed E-state index contributed by atoms with van der Waals surface area (Å²) in [6, 6.07) is 2.44. The minimum Gasteiger partial charge on any atom is -0.382 e. The smallest absolute Gasteiger partial charge is 0.252 e. The predicted molar refractivity (Wildman–Crippen MR) is 93.2 cm³/mol. The second-order valence-electron chi connectivity index (χ2n) is 5.46. The van der Waals surface area contributed by atoms with Crippen LogP contribution in [-0.2, 0) is 14.8 Å². The van der Waals surface area contributed by atoms with E-state index in [0.717, 1.165) is 12.8 Å². The van der Waals surface area contributed by atoms with Crippen LogP contribution >= 0.6 is 23.2 Å². The molecule has 0 bridgehead atoms. The molecule has 9 heteroatoms. The first kappa shape index (κ1) is 19.5. The highest BCUT2D eigenvalue weighted by atomic mass is 35.5. The first-order valence-corrected chi connectivity index (χ1v) is 9.96. The van der Waals surface area contributed by atoms with Crippen molar-refractivity contribution in [3.8, 4) is 0 Å². The molecule has 1 aliphatic rings. The Kier molecular flexibility index (Phi) is 6.88. The average molecular weight is 395 g/mol. The lowest BCUT2D eigenvalue weighted by atomic mass is 10.2. The topological polar surface area (TPSA) is 84.5 Å². The summed E-state index contributed by atoms with van der Waals surface area (Å²) < 4.78 is 32.4. The molecule has 1 amide bonds. The molecule has 0 atom stereocenters. The molecule has 24 heavy (non-hydrogen) atoms. The monoisotopic (exact) mass is 394 g/mol. The van der Waals surface area contributed by atoms with Crippen molar-refractivity contribution >= 4 is 39.1 Å². The van der Waals surface area contributed by atoms with Gasteiger partial charge < -0.3 is 10.1 Å². The molecule has 0 aromatic heterocycles. The Morgan fingerprint density at radius 1 is 1.29 bits per heavy atom. The number of sulfonamides is 1. The maximum absolute atomic E-state index is 12.3. The lowest BCUT2D eigenvalue weighted by molar-refractivity contribution is 0.0944. The van der Waals surface area contributed by atoms with E-state index in [2.05, 4.69) is 10.0 Å². The molecule has 2 N–H and O–H groups in total. The molecule has 0 unspecified atom stereocenters. The van der Waals surface area contributed by atoms with Gasteiger partial charge in [-0.1, -0.05) is 23.2 Å². The molecule has 0 heterocycles. The standard InChI is InChI=1S/C15H20Cl2N2O4S/c1-2-23-7-3-6-18-15(20)11-8-14(13(17)9-12(11)16)24(21,22)19-10-4-5-10/h8-10,19H,2-7H2,1H3,(H,18,20). The number of halogens is 2. The molecule has 1 aromatic carbocycles. The Morgan fingerprint density at radius 3 is 2.62 bits per heavy atom. The van der Waals surface area contributed by atoms with Gasteiger partial charge in [0.2, 0.25) is 10.0 Å². The first-order chi connectivity index (χ1) is 11.3. The van der Waals surface area contributed by atoms with Gasteiger partial charge in [0, 0.05) is 25.8 Å². The summed E-state index contributed by atoms with van der Waals surface area (Å²) in [5.41, 5.74) is 0.0775. The van der Waals surface area contributed by atoms with Crippen LogP contribution in [0.1, 0.15) is 36.5 Å². The number of hydrogen-bond donors (Lipinski definition) is 2. The first-order valence-electron chi connectivity index (χ1n) is 7.72. The summed E-state index contributed by atoms with van der Waals surface area (Å²) in [5, 5.41) is 2.78. The maximum Gasteiger partial charge on any atom is 0.252 e. The van der Waals surface area contributed by atoms with Crippen LogP contribution in [0.15, 0.2) is 17.0 Å². The molecule has 1 aromatic rings. The van der Waals surface area contributed by atoms with E-state index < -0.39 is 15.9 Å². The van der Waals surface area contributed by atoms with Gasteiger partial charge >= 0.3 is 0 Å². The van der Waals surface area contributed by atoms with E-state index in [1.807, 2.05) is 6.92 Å². The molecular formula is C15H20Cl2N2O4S. The van der Waals surface area contributed by atoms with Crippen molar-refractivity contribution in [2.24, 2.45) is 0 Å². The van der Waals surface area contributed by atoms with Crippen LogP contribution in [0, 0.1) is 0 Å². The Hall–Kier alpha value is -0.860. The number of rotatable bonds is 9. The van der Waals surface area contributed by atoms with Gasteiger partial charge in [0.1, 0.15) is 4.90 Å². The van der Waals surface area contributed by atoms with Crippen LogP contribution in [0.25, 0.3) is 0 Å². The zero-order valence-corrected chi connectivity index (χ0v) is 15.6. The SMILES string of the molecule is CCOCCCNC(=O)c1cc(S(=O)(=O)NC2CC2)c(Cl)cc1Cl. The second-order valence-corrected chi connectivity index (χ2v) is 7.96. The van der Waals surface area contributed by atoms with E-state index in [0.29, 0.717) is 26.2 Å². The molecule has 0 aliphatic heterocycles. The van der Waals surface area contributed by atoms with Crippen LogP contribution < -0.4 is 10.0 Å². The lowest BCUT2D eigenvalue weighted by Crippen LogP contribution is -2.28. The molecular weight excluding hydrogens is 375 g/mol. The zero-order valence-electron chi connectivity index (χ0n) is 13.3. The Bertz CT molecular complexity index is 706. The molecule has 1 fully saturated rings. The van der Waals surface area contributed by atoms with Gasteiger partial charge in [-0.15, -0.1) is 0 Å². The van der Waals surface area contributed by atoms with E-state index in [9.17, 15) is 13.2 Å². The van der Waals surface area contributed by atoms with Crippen molar-refractivity contribution in [1.82, 2.24) is 10.0 Å². The number of carbonyl (C=O) groups excluding carboxylic acids is 1. The zero-order chi connectivity index (χ0) is 17.7. The molecule has 134 valence electrons. The normalized spacial score (nSPS) is 14.6. The third-order valence-corrected chi connectivity index (χ3v) is 5.71. The van der Waals surface area contributed by atoms with Crippen LogP contribution in [0.5, 0.6) is 0 Å². The van der Waals surface area contributed by atoms with Gasteiger partial charge in [-0.25, -0.2) is 13.1 Å². The van der Waals surface area contributed by atoms with Crippen molar-refractivity contribution in [1.29, 1.82) is 0 Å². The van der Waals surface area contributed by atoms with Crippen molar-refractivity contribution in [3.63, 3.8) is 0 Å². The van der Waals surface area contributed by atoms with Gasteiger partial charge in [0.05, 0.1) is 15.6 Å². The van der Waals surface area contributed by atoms with Crippen LogP contribution in [0.2, 0.25) is 10.0 Å². The molecule has 6 nitrogen and oxygen atoms in total. The minimum atomic E-state index is -3.77. The fraction of sp³-hybridized carbons (Fsp3) is 0.533. The summed E-state index contributed by atoms with van der Waals surface area (Å²) in [7, 11) is -3.77. The van der Waals surface area contributed by atoms with Gasteiger partial charge in [0.25, 0.3) is 5.91 Å². The highest BCUT2D eigenvalue weighted by molar-refractivity contribution is 7.89. The largest absolute Gasteiger partial charge is 0.382 e. The van der Waals surface area contributed by atoms with Gasteiger partial charge in [-0.3, -0.25) is 4.79 Å². The average Bonchev–Trinajstić information content (AvgIpc) is 3.29. The van der Waals surface area contributed by atoms with Crippen molar-refractivity contribution in [3.05, 3.63) is 27.7 Å². The highest BCUT2D eigenvalue weighted by Crippen LogP contribution is 2.30. The van der Waals surface area contributed by atoms with Crippen LogP contribution in [0.4, 0.5) is 0 Å². The molecule has 2 rings (SSSR count). The summed E-state index contributed by atoms with van der Waals surface area (Å²) in [6.45, 7) is 3.45. The highest BCUT2D eigenvalue weighted by Gasteiger charge is 2.30. The number of nitrogens with one attached hydrogen (secondary N) is 2. The Morgan fingerprint density at radius 2 is 2.00 bits per heavy atom. The van der Waals surface area contributed by atoms with Crippen LogP contribution in [-0.4, -0.2) is 40.1 Å². The molecule has 0 spiro atoms. The number of amides is 1. The third kappa shape index (κ3) is 5.32. The second kappa shape index (κ2) is 8.49. The summed E-state index contributed by atoms with van der Waals surface area (Å²) in [4.78, 5) is 12.1. The summed E-state index contributed by atoms with van der Waals surface area (Å²) in [6.07, 6.45) is 2.26. The van der Waals surface area contributed by atoms with Gasteiger partial charge in [-0.05, 0) is 38.3 Å². The van der Waals surface area contributed by atoms with Crippen molar-refractivity contribution in [2.45, 2.75) is 37.1 Å². The van der Waals surface area contributed by atoms with Gasteiger partial charge in [0.15, 0.2) is 0 Å². The molecule has 0 radical (unpaired) electrons. The number of hydrogen-bond acceptors (Lipinski definition) is 4. The Labute approximate surface area is 151 Å². The van der Waals surface area contributed by atoms with E-state index in [1.54, 1.807) is 0 Å². The fourth-order valence-electron chi connectivity index (χ4n) is 2.01. The quantitative estimate of drug-likeness (QED) is 0.630. The van der Waals surface area contributed by atoms with Crippen molar-refractivity contribution in [2.75, 3.05) is 19.8 Å². The summed E-state index contributed by atoms with van der Waals surface area (Å²) in [5.74, 6) is -0.448. The number of ether oxygens (including phenoxy) is 1. The Balaban J connectivity index is 2.12. The fourth-order valence-corrected chi connectivity index (χ4v) is 4.17. The van der Waals surface area contributed by atoms with E-state index in [4.69, 9.17) is 27.9 Å². The number of carbonyl (C=O) groups is 1. The van der Waals surface area contributed by atoms with Crippen LogP contribution in [0.3, 0.4) is 0 Å². The van der Waals surface area contributed by atoms with E-state index >= 15 is 0 Å². The van der Waals surface area contributed by atoms with Gasteiger partial charge in [-0.2, -0.15) is 0 Å². The minimum absolute atomic E-state index is 0.0129. The number of benzene rings is 1. The van der Waals surface area contributed by atoms with E-state index in [1.165, 1.54) is 12.1 Å². The third-order valence-electron chi connectivity index (χ3n) is 3.41. The molecule has 0 saturated heterocycles. The lowest BCUT2D eigenvalue weighted by Gasteiger charge is -2.12. The summed E-state index contributed by atoms with van der Waals surface area (Å²) >= 11 is 12.0. The molecule has 1 saturated carbocycles. The van der Waals surface area contributed by atoms with E-state index in [-0.39, 0.29) is 26.5 Å². The molecule has 1 aliphatic carbocycles. The maximum atomic E-state index is 12.3. The van der Waals surface area contributed by atoms with Crippen molar-refractivity contribution < 1.29 is 17.9 Å².